The van der Waals surface area contributed by atoms with E-state index in [-0.39, 0.29) is 13.2 Å². The van der Waals surface area contributed by atoms with Crippen molar-refractivity contribution in [1.29, 1.82) is 0 Å². The summed E-state index contributed by atoms with van der Waals surface area (Å²) in [5.41, 5.74) is 1.07. The first-order valence-corrected chi connectivity index (χ1v) is 5.06. The highest BCUT2D eigenvalue weighted by Gasteiger charge is 2.09. The summed E-state index contributed by atoms with van der Waals surface area (Å²) in [5, 5.41) is 9.28. The van der Waals surface area contributed by atoms with Crippen LogP contribution in [-0.2, 0) is 0 Å². The molecule has 0 bridgehead atoms. The molecule has 0 fully saturated rings. The van der Waals surface area contributed by atoms with Crippen LogP contribution >= 0.6 is 11.6 Å². The number of benzene rings is 1. The molecular weight excluding hydrogens is 200 g/mol. The zero-order valence-corrected chi connectivity index (χ0v) is 9.21. The van der Waals surface area contributed by atoms with Crippen LogP contribution in [0.4, 0.5) is 0 Å². The van der Waals surface area contributed by atoms with Gasteiger partial charge < -0.3 is 9.84 Å². The maximum atomic E-state index is 8.63. The Balaban J connectivity index is 2.89. The molecule has 0 heterocycles. The van der Waals surface area contributed by atoms with E-state index in [2.05, 4.69) is 13.8 Å². The molecule has 1 aromatic rings. The van der Waals surface area contributed by atoms with Gasteiger partial charge in [-0.1, -0.05) is 37.6 Å². The van der Waals surface area contributed by atoms with E-state index in [4.69, 9.17) is 21.4 Å². The third kappa shape index (κ3) is 2.63. The third-order valence-corrected chi connectivity index (χ3v) is 2.37. The van der Waals surface area contributed by atoms with Gasteiger partial charge in [0.05, 0.1) is 11.6 Å². The van der Waals surface area contributed by atoms with Crippen molar-refractivity contribution in [3.8, 4) is 5.75 Å². The Morgan fingerprint density at radius 2 is 2.14 bits per heavy atom. The lowest BCUT2D eigenvalue weighted by Crippen LogP contribution is -2.03. The van der Waals surface area contributed by atoms with Crippen LogP contribution in [0.25, 0.3) is 0 Å². The Hall–Kier alpha value is -0.730. The summed E-state index contributed by atoms with van der Waals surface area (Å²) in [6, 6.07) is 5.70. The molecule has 0 spiro atoms. The van der Waals surface area contributed by atoms with Crippen molar-refractivity contribution in [2.75, 3.05) is 13.2 Å². The third-order valence-electron chi connectivity index (χ3n) is 1.96. The Bertz CT molecular complexity index is 297. The lowest BCUT2D eigenvalue weighted by molar-refractivity contribution is 0.201. The maximum Gasteiger partial charge on any atom is 0.138 e. The van der Waals surface area contributed by atoms with Crippen molar-refractivity contribution in [2.24, 2.45) is 0 Å². The molecule has 0 aliphatic rings. The molecule has 0 amide bonds. The Kier molecular flexibility index (Phi) is 4.23. The summed E-state index contributed by atoms with van der Waals surface area (Å²) in [4.78, 5) is 0. The minimum absolute atomic E-state index is 0.00222. The molecule has 0 aromatic heterocycles. The lowest BCUT2D eigenvalue weighted by Gasteiger charge is -2.12. The van der Waals surface area contributed by atoms with Gasteiger partial charge in [-0.15, -0.1) is 0 Å². The first-order valence-electron chi connectivity index (χ1n) is 4.69. The molecule has 2 nitrogen and oxygen atoms in total. The van der Waals surface area contributed by atoms with Gasteiger partial charge in [-0.2, -0.15) is 0 Å². The highest BCUT2D eigenvalue weighted by Crippen LogP contribution is 2.32. The Morgan fingerprint density at radius 1 is 1.43 bits per heavy atom. The summed E-state index contributed by atoms with van der Waals surface area (Å²) < 4.78 is 5.29. The van der Waals surface area contributed by atoms with E-state index in [0.717, 1.165) is 5.56 Å². The van der Waals surface area contributed by atoms with Gasteiger partial charge in [0.2, 0.25) is 0 Å². The van der Waals surface area contributed by atoms with Gasteiger partial charge in [-0.05, 0) is 17.5 Å². The summed E-state index contributed by atoms with van der Waals surface area (Å²) >= 11 is 6.13. The SMILES string of the molecule is CC(C)c1cccc(OCCO)c1Cl. The van der Waals surface area contributed by atoms with Crippen molar-refractivity contribution >= 4 is 11.6 Å². The molecule has 78 valence electrons. The minimum Gasteiger partial charge on any atom is -0.490 e. The summed E-state index contributed by atoms with van der Waals surface area (Å²) in [6.45, 7) is 4.44. The fourth-order valence-electron chi connectivity index (χ4n) is 1.24. The van der Waals surface area contributed by atoms with Crippen molar-refractivity contribution in [1.82, 2.24) is 0 Å². The van der Waals surface area contributed by atoms with Crippen molar-refractivity contribution in [3.63, 3.8) is 0 Å². The fraction of sp³-hybridized carbons (Fsp3) is 0.455. The van der Waals surface area contributed by atoms with E-state index in [1.165, 1.54) is 0 Å². The molecule has 0 aliphatic heterocycles. The second kappa shape index (κ2) is 5.23. The highest BCUT2D eigenvalue weighted by atomic mass is 35.5. The average Bonchev–Trinajstić information content (AvgIpc) is 2.16. The number of ether oxygens (including phenoxy) is 1. The molecule has 0 saturated carbocycles. The minimum atomic E-state index is 0.00222. The fourth-order valence-corrected chi connectivity index (χ4v) is 1.64. The van der Waals surface area contributed by atoms with Gasteiger partial charge in [0.1, 0.15) is 12.4 Å². The molecule has 1 rings (SSSR count). The van der Waals surface area contributed by atoms with Crippen LogP contribution in [0.2, 0.25) is 5.02 Å². The molecule has 0 aliphatic carbocycles. The number of aliphatic hydroxyl groups is 1. The number of aliphatic hydroxyl groups excluding tert-OH is 1. The standard InChI is InChI=1S/C11H15ClO2/c1-8(2)9-4-3-5-10(11(9)12)14-7-6-13/h3-5,8,13H,6-7H2,1-2H3. The van der Waals surface area contributed by atoms with Crippen LogP contribution in [0.5, 0.6) is 5.75 Å². The smallest absolute Gasteiger partial charge is 0.138 e. The summed E-state index contributed by atoms with van der Waals surface area (Å²) in [5.74, 6) is 1.02. The van der Waals surface area contributed by atoms with E-state index in [0.29, 0.717) is 16.7 Å². The van der Waals surface area contributed by atoms with Gasteiger partial charge in [-0.25, -0.2) is 0 Å². The van der Waals surface area contributed by atoms with Gasteiger partial charge >= 0.3 is 0 Å². The molecule has 0 radical (unpaired) electrons. The largest absolute Gasteiger partial charge is 0.490 e. The first kappa shape index (κ1) is 11.3. The maximum absolute atomic E-state index is 8.63. The van der Waals surface area contributed by atoms with Crippen LogP contribution in [0.3, 0.4) is 0 Å². The van der Waals surface area contributed by atoms with E-state index >= 15 is 0 Å². The van der Waals surface area contributed by atoms with E-state index in [1.54, 1.807) is 0 Å². The average molecular weight is 215 g/mol. The second-order valence-corrected chi connectivity index (χ2v) is 3.76. The summed E-state index contributed by atoms with van der Waals surface area (Å²) in [7, 11) is 0. The van der Waals surface area contributed by atoms with Crippen LogP contribution in [0.15, 0.2) is 18.2 Å². The van der Waals surface area contributed by atoms with E-state index in [1.807, 2.05) is 18.2 Å². The van der Waals surface area contributed by atoms with Crippen LogP contribution in [0, 0.1) is 0 Å². The van der Waals surface area contributed by atoms with Gasteiger partial charge in [0, 0.05) is 0 Å². The van der Waals surface area contributed by atoms with E-state index < -0.39 is 0 Å². The van der Waals surface area contributed by atoms with Gasteiger partial charge in [-0.3, -0.25) is 0 Å². The van der Waals surface area contributed by atoms with Crippen LogP contribution < -0.4 is 4.74 Å². The molecular formula is C11H15ClO2. The Labute approximate surface area is 89.5 Å². The van der Waals surface area contributed by atoms with Gasteiger partial charge in [0.25, 0.3) is 0 Å². The topological polar surface area (TPSA) is 29.5 Å². The number of rotatable bonds is 4. The van der Waals surface area contributed by atoms with Crippen molar-refractivity contribution < 1.29 is 9.84 Å². The Morgan fingerprint density at radius 3 is 2.71 bits per heavy atom. The number of hydrogen-bond acceptors (Lipinski definition) is 2. The van der Waals surface area contributed by atoms with Crippen LogP contribution in [-0.4, -0.2) is 18.3 Å². The molecule has 14 heavy (non-hydrogen) atoms. The predicted molar refractivity (Wildman–Crippen MR) is 58.1 cm³/mol. The molecule has 0 saturated heterocycles. The second-order valence-electron chi connectivity index (χ2n) is 3.39. The molecule has 0 unspecified atom stereocenters. The summed E-state index contributed by atoms with van der Waals surface area (Å²) in [6.07, 6.45) is 0. The number of halogens is 1. The highest BCUT2D eigenvalue weighted by molar-refractivity contribution is 6.32. The quantitative estimate of drug-likeness (QED) is 0.835. The molecule has 3 heteroatoms. The normalized spacial score (nSPS) is 10.6. The number of hydrogen-bond donors (Lipinski definition) is 1. The zero-order valence-electron chi connectivity index (χ0n) is 8.46. The molecule has 1 N–H and O–H groups in total. The molecule has 1 aromatic carbocycles. The van der Waals surface area contributed by atoms with Crippen molar-refractivity contribution in [2.45, 2.75) is 19.8 Å². The van der Waals surface area contributed by atoms with Crippen LogP contribution in [0.1, 0.15) is 25.3 Å². The zero-order chi connectivity index (χ0) is 10.6. The molecule has 0 atom stereocenters. The first-order chi connectivity index (χ1) is 6.66. The van der Waals surface area contributed by atoms with Gasteiger partial charge in [0.15, 0.2) is 0 Å². The van der Waals surface area contributed by atoms with Crippen molar-refractivity contribution in [3.05, 3.63) is 28.8 Å². The lowest BCUT2D eigenvalue weighted by atomic mass is 10.0. The monoisotopic (exact) mass is 214 g/mol. The predicted octanol–water partition coefficient (Wildman–Crippen LogP) is 2.83. The van der Waals surface area contributed by atoms with E-state index in [9.17, 15) is 0 Å².